The van der Waals surface area contributed by atoms with Crippen molar-refractivity contribution in [2.75, 3.05) is 19.6 Å². The lowest BCUT2D eigenvalue weighted by Gasteiger charge is -2.39. The summed E-state index contributed by atoms with van der Waals surface area (Å²) >= 11 is 0. The van der Waals surface area contributed by atoms with Gasteiger partial charge in [0.25, 0.3) is 5.91 Å². The minimum absolute atomic E-state index is 0.0819. The van der Waals surface area contributed by atoms with Gasteiger partial charge in [-0.2, -0.15) is 4.98 Å². The van der Waals surface area contributed by atoms with Crippen LogP contribution in [0.5, 0.6) is 0 Å². The van der Waals surface area contributed by atoms with Crippen LogP contribution < -0.4 is 0 Å². The van der Waals surface area contributed by atoms with Gasteiger partial charge in [0.1, 0.15) is 17.8 Å². The average molecular weight is 424 g/mol. The summed E-state index contributed by atoms with van der Waals surface area (Å²) in [7, 11) is 0. The number of hydrogen-bond donors (Lipinski definition) is 0. The molecule has 1 amide bonds. The highest BCUT2D eigenvalue weighted by molar-refractivity contribution is 5.99. The van der Waals surface area contributed by atoms with Gasteiger partial charge in [-0.15, -0.1) is 0 Å². The molecular weight excluding hydrogens is 399 g/mol. The molecule has 0 radical (unpaired) electrons. The Labute approximate surface area is 179 Å². The molecule has 162 valence electrons. The Morgan fingerprint density at radius 1 is 1.26 bits per heavy atom. The summed E-state index contributed by atoms with van der Waals surface area (Å²) in [5, 5.41) is 4.18. The predicted octanol–water partition coefficient (Wildman–Crippen LogP) is 3.58. The van der Waals surface area contributed by atoms with Crippen molar-refractivity contribution < 1.29 is 13.7 Å². The van der Waals surface area contributed by atoms with Crippen LogP contribution in [0.4, 0.5) is 4.39 Å². The summed E-state index contributed by atoms with van der Waals surface area (Å²) in [5.41, 5.74) is 1.95. The Bertz CT molecular complexity index is 1120. The first kappa shape index (κ1) is 19.9. The van der Waals surface area contributed by atoms with Crippen molar-refractivity contribution in [3.8, 4) is 17.2 Å². The molecule has 4 heterocycles. The molecule has 0 spiro atoms. The minimum Gasteiger partial charge on any atom is -0.337 e. The average Bonchev–Trinajstić information content (AvgIpc) is 3.33. The van der Waals surface area contributed by atoms with Crippen LogP contribution in [0, 0.1) is 5.82 Å². The van der Waals surface area contributed by atoms with Crippen LogP contribution in [0.25, 0.3) is 17.2 Å². The Morgan fingerprint density at radius 3 is 2.77 bits per heavy atom. The first-order chi connectivity index (χ1) is 15.1. The van der Waals surface area contributed by atoms with Crippen LogP contribution in [0.2, 0.25) is 0 Å². The largest absolute Gasteiger partial charge is 0.337 e. The number of carbonyl (C=O) groups excluding carboxylic acids is 1. The van der Waals surface area contributed by atoms with Crippen LogP contribution >= 0.6 is 0 Å². The maximum Gasteiger partial charge on any atom is 0.259 e. The molecule has 2 aliphatic rings. The monoisotopic (exact) mass is 424 g/mol. The second-order valence-electron chi connectivity index (χ2n) is 8.07. The van der Waals surface area contributed by atoms with E-state index in [0.717, 1.165) is 38.0 Å². The molecule has 9 heteroatoms. The van der Waals surface area contributed by atoms with E-state index in [1.165, 1.54) is 6.07 Å². The number of rotatable bonds is 7. The Kier molecular flexibility index (Phi) is 5.05. The number of amides is 1. The molecule has 31 heavy (non-hydrogen) atoms. The quantitative estimate of drug-likeness (QED) is 0.577. The van der Waals surface area contributed by atoms with Crippen molar-refractivity contribution in [2.45, 2.75) is 45.7 Å². The molecule has 8 nitrogen and oxygen atoms in total. The number of imidazole rings is 1. The first-order valence-electron chi connectivity index (χ1n) is 10.8. The van der Waals surface area contributed by atoms with Crippen LogP contribution in [0.1, 0.15) is 61.1 Å². The second kappa shape index (κ2) is 7.88. The molecule has 0 N–H and O–H groups in total. The zero-order chi connectivity index (χ0) is 21.5. The van der Waals surface area contributed by atoms with E-state index in [2.05, 4.69) is 33.9 Å². The first-order valence-corrected chi connectivity index (χ1v) is 10.8. The highest BCUT2D eigenvalue weighted by Gasteiger charge is 2.43. The van der Waals surface area contributed by atoms with Gasteiger partial charge in [-0.3, -0.25) is 14.3 Å². The van der Waals surface area contributed by atoms with Crippen molar-refractivity contribution in [3.05, 3.63) is 47.5 Å². The molecule has 0 bridgehead atoms. The maximum atomic E-state index is 14.6. The Balaban J connectivity index is 1.54. The van der Waals surface area contributed by atoms with E-state index in [0.29, 0.717) is 36.2 Å². The number of halogens is 1. The van der Waals surface area contributed by atoms with Gasteiger partial charge in [0.2, 0.25) is 11.7 Å². The van der Waals surface area contributed by atoms with E-state index in [-0.39, 0.29) is 17.5 Å². The molecule has 1 atom stereocenters. The number of aromatic nitrogens is 4. The van der Waals surface area contributed by atoms with Gasteiger partial charge in [0.05, 0.1) is 29.5 Å². The lowest BCUT2D eigenvalue weighted by atomic mass is 9.97. The van der Waals surface area contributed by atoms with E-state index in [9.17, 15) is 9.18 Å². The van der Waals surface area contributed by atoms with Crippen LogP contribution in [-0.2, 0) is 6.54 Å². The topological polar surface area (TPSA) is 80.3 Å². The fourth-order valence-corrected chi connectivity index (χ4v) is 4.53. The SMILES string of the molecule is CCCN(CCC)Cc1nc(-c2ncn3c2[C@@H]2CCN2C(=O)c2c(F)cccc2-3)no1. The zero-order valence-electron chi connectivity index (χ0n) is 17.7. The fourth-order valence-electron chi connectivity index (χ4n) is 4.53. The maximum absolute atomic E-state index is 14.6. The summed E-state index contributed by atoms with van der Waals surface area (Å²) in [6, 6.07) is 4.48. The lowest BCUT2D eigenvalue weighted by Crippen LogP contribution is -2.44. The van der Waals surface area contributed by atoms with Crippen LogP contribution in [0.3, 0.4) is 0 Å². The Morgan fingerprint density at radius 2 is 2.06 bits per heavy atom. The molecule has 1 fully saturated rings. The van der Waals surface area contributed by atoms with E-state index in [4.69, 9.17) is 4.52 Å². The van der Waals surface area contributed by atoms with Crippen LogP contribution in [-0.4, -0.2) is 55.0 Å². The molecule has 0 aliphatic carbocycles. The lowest BCUT2D eigenvalue weighted by molar-refractivity contribution is 0.0457. The number of carbonyl (C=O) groups is 1. The van der Waals surface area contributed by atoms with Crippen molar-refractivity contribution >= 4 is 5.91 Å². The summed E-state index contributed by atoms with van der Waals surface area (Å²) in [6.07, 6.45) is 4.51. The predicted molar refractivity (Wildman–Crippen MR) is 111 cm³/mol. The fraction of sp³-hybridized carbons (Fsp3) is 0.455. The molecule has 3 aromatic rings. The van der Waals surface area contributed by atoms with Gasteiger partial charge in [-0.05, 0) is 44.5 Å². The van der Waals surface area contributed by atoms with E-state index in [1.54, 1.807) is 27.9 Å². The third-order valence-corrected chi connectivity index (χ3v) is 5.98. The highest BCUT2D eigenvalue weighted by atomic mass is 19.1. The summed E-state index contributed by atoms with van der Waals surface area (Å²) in [6.45, 7) is 7.40. The summed E-state index contributed by atoms with van der Waals surface area (Å²) < 4.78 is 21.9. The molecule has 0 saturated carbocycles. The number of fused-ring (bicyclic) bond motifs is 5. The van der Waals surface area contributed by atoms with E-state index in [1.807, 2.05) is 0 Å². The van der Waals surface area contributed by atoms with Gasteiger partial charge in [0, 0.05) is 6.54 Å². The number of nitrogens with zero attached hydrogens (tertiary/aromatic N) is 6. The molecule has 0 unspecified atom stereocenters. The summed E-state index contributed by atoms with van der Waals surface area (Å²) in [4.78, 5) is 26.1. The van der Waals surface area contributed by atoms with Gasteiger partial charge in [0.15, 0.2) is 0 Å². The van der Waals surface area contributed by atoms with Crippen molar-refractivity contribution in [2.24, 2.45) is 0 Å². The normalized spacial score (nSPS) is 17.2. The highest BCUT2D eigenvalue weighted by Crippen LogP contribution is 2.43. The van der Waals surface area contributed by atoms with E-state index >= 15 is 0 Å². The van der Waals surface area contributed by atoms with Gasteiger partial charge < -0.3 is 9.42 Å². The van der Waals surface area contributed by atoms with Gasteiger partial charge >= 0.3 is 0 Å². The third kappa shape index (κ3) is 3.23. The number of benzene rings is 1. The van der Waals surface area contributed by atoms with E-state index < -0.39 is 5.82 Å². The zero-order valence-corrected chi connectivity index (χ0v) is 17.7. The molecule has 2 aromatic heterocycles. The number of hydrogen-bond acceptors (Lipinski definition) is 6. The minimum atomic E-state index is -0.523. The molecule has 1 saturated heterocycles. The third-order valence-electron chi connectivity index (χ3n) is 5.98. The smallest absolute Gasteiger partial charge is 0.259 e. The molecule has 5 rings (SSSR count). The van der Waals surface area contributed by atoms with Crippen LogP contribution in [0.15, 0.2) is 29.0 Å². The molecular formula is C22H25FN6O2. The van der Waals surface area contributed by atoms with Crippen molar-refractivity contribution in [1.82, 2.24) is 29.5 Å². The van der Waals surface area contributed by atoms with Crippen molar-refractivity contribution in [3.63, 3.8) is 0 Å². The summed E-state index contributed by atoms with van der Waals surface area (Å²) in [5.74, 6) is 0.128. The second-order valence-corrected chi connectivity index (χ2v) is 8.07. The standard InChI is InChI=1S/C22H25FN6O2/c1-3-9-27(10-4-2)12-17-25-21(26-31-17)19-20-16-8-11-28(16)22(30)18-14(23)6-5-7-15(18)29(20)13-24-19/h5-7,13,16H,3-4,8-12H2,1-2H3/t16-/m0/s1. The molecule has 2 aliphatic heterocycles. The van der Waals surface area contributed by atoms with Gasteiger partial charge in [-0.25, -0.2) is 9.37 Å². The van der Waals surface area contributed by atoms with Gasteiger partial charge in [-0.1, -0.05) is 25.1 Å². The van der Waals surface area contributed by atoms with Crippen molar-refractivity contribution in [1.29, 1.82) is 0 Å². The Hall–Kier alpha value is -3.07. The molecule has 1 aromatic carbocycles.